The average Bonchev–Trinajstić information content (AvgIpc) is 3.77. The average molecular weight is 815 g/mol. The van der Waals surface area contributed by atoms with E-state index in [0.29, 0.717) is 0 Å². The van der Waals surface area contributed by atoms with Gasteiger partial charge >= 0.3 is 0 Å². The van der Waals surface area contributed by atoms with Gasteiger partial charge in [-0.2, -0.15) is 0 Å². The fraction of sp³-hybridized carbons (Fsp3) is 0.0588. The molecule has 0 saturated heterocycles. The van der Waals surface area contributed by atoms with Crippen molar-refractivity contribution in [1.29, 1.82) is 0 Å². The van der Waals surface area contributed by atoms with Crippen molar-refractivity contribution < 1.29 is 0 Å². The molecule has 2 heterocycles. The zero-order chi connectivity index (χ0) is 36.0. The SMILES string of the molecule is Brc1ccc2sc3ccccc3c2c1.C.C.Nc1ccc(-c2ccccc2)cc1.c1ccc(-c2ccc(Cc3ccc4sc5ccccc5c4c3)cc2)cc1. The Kier molecular flexibility index (Phi) is 13.0. The van der Waals surface area contributed by atoms with Crippen molar-refractivity contribution in [2.45, 2.75) is 21.3 Å². The Morgan fingerprint density at radius 2 is 0.764 bits per heavy atom. The van der Waals surface area contributed by atoms with Crippen molar-refractivity contribution in [1.82, 2.24) is 0 Å². The molecule has 0 amide bonds. The highest BCUT2D eigenvalue weighted by Crippen LogP contribution is 2.36. The first kappa shape index (κ1) is 39.2. The van der Waals surface area contributed by atoms with Crippen LogP contribution in [0.1, 0.15) is 26.0 Å². The zero-order valence-corrected chi connectivity index (χ0v) is 32.2. The first-order valence-corrected chi connectivity index (χ1v) is 20.0. The number of halogens is 1. The number of rotatable bonds is 4. The van der Waals surface area contributed by atoms with E-state index in [9.17, 15) is 0 Å². The molecule has 2 aromatic heterocycles. The maximum atomic E-state index is 5.60. The molecule has 0 bridgehead atoms. The summed E-state index contributed by atoms with van der Waals surface area (Å²) in [5, 5.41) is 5.45. The van der Waals surface area contributed by atoms with Gasteiger partial charge in [-0.3, -0.25) is 0 Å². The van der Waals surface area contributed by atoms with Crippen LogP contribution in [0.4, 0.5) is 5.69 Å². The summed E-state index contributed by atoms with van der Waals surface area (Å²) in [6.07, 6.45) is 0.967. The minimum atomic E-state index is 0. The number of fused-ring (bicyclic) bond motifs is 6. The Balaban J connectivity index is 0.000000151. The molecule has 0 aliphatic carbocycles. The van der Waals surface area contributed by atoms with Gasteiger partial charge in [-0.1, -0.05) is 170 Å². The van der Waals surface area contributed by atoms with Gasteiger partial charge in [0.1, 0.15) is 0 Å². The van der Waals surface area contributed by atoms with Gasteiger partial charge in [0, 0.05) is 50.5 Å². The highest BCUT2D eigenvalue weighted by Gasteiger charge is 2.07. The highest BCUT2D eigenvalue weighted by molar-refractivity contribution is 9.10. The third-order valence-electron chi connectivity index (χ3n) is 9.27. The number of thiophene rings is 2. The molecule has 0 spiro atoms. The van der Waals surface area contributed by atoms with Gasteiger partial charge in [-0.05, 0) is 94.4 Å². The van der Waals surface area contributed by atoms with Gasteiger partial charge < -0.3 is 5.73 Å². The van der Waals surface area contributed by atoms with Crippen molar-refractivity contribution in [2.75, 3.05) is 5.73 Å². The summed E-state index contributed by atoms with van der Waals surface area (Å²) in [6.45, 7) is 0. The van der Waals surface area contributed by atoms with Crippen LogP contribution in [0.15, 0.2) is 199 Å². The molecular formula is C51H44BrNS2. The second-order valence-electron chi connectivity index (χ2n) is 12.9. The van der Waals surface area contributed by atoms with Crippen LogP contribution in [0.2, 0.25) is 0 Å². The molecule has 0 radical (unpaired) electrons. The smallest absolute Gasteiger partial charge is 0.0356 e. The predicted octanol–water partition coefficient (Wildman–Crippen LogP) is 16.3. The number of hydrogen-bond donors (Lipinski definition) is 1. The fourth-order valence-corrected chi connectivity index (χ4v) is 9.10. The molecule has 0 saturated carbocycles. The van der Waals surface area contributed by atoms with Gasteiger partial charge in [0.25, 0.3) is 0 Å². The lowest BCUT2D eigenvalue weighted by Gasteiger charge is -2.06. The lowest BCUT2D eigenvalue weighted by molar-refractivity contribution is 1.20. The van der Waals surface area contributed by atoms with Gasteiger partial charge in [0.15, 0.2) is 0 Å². The molecule has 2 N–H and O–H groups in total. The molecule has 1 nitrogen and oxygen atoms in total. The molecule has 0 fully saturated rings. The van der Waals surface area contributed by atoms with Crippen molar-refractivity contribution in [3.05, 3.63) is 210 Å². The Bertz CT molecular complexity index is 2750. The van der Waals surface area contributed by atoms with Crippen LogP contribution in [0.3, 0.4) is 0 Å². The van der Waals surface area contributed by atoms with E-state index in [2.05, 4.69) is 168 Å². The van der Waals surface area contributed by atoms with Gasteiger partial charge in [0.05, 0.1) is 0 Å². The quantitative estimate of drug-likeness (QED) is 0.176. The van der Waals surface area contributed by atoms with E-state index >= 15 is 0 Å². The molecule has 0 atom stereocenters. The van der Waals surface area contributed by atoms with Crippen LogP contribution in [0.5, 0.6) is 0 Å². The molecule has 0 aliphatic rings. The third kappa shape index (κ3) is 9.24. The lowest BCUT2D eigenvalue weighted by atomic mass is 9.99. The second kappa shape index (κ2) is 18.2. The second-order valence-corrected chi connectivity index (χ2v) is 16.0. The lowest BCUT2D eigenvalue weighted by Crippen LogP contribution is -1.88. The summed E-state index contributed by atoms with van der Waals surface area (Å²) < 4.78 is 6.60. The van der Waals surface area contributed by atoms with E-state index in [0.717, 1.165) is 16.6 Å². The zero-order valence-electron chi connectivity index (χ0n) is 29.0. The molecule has 55 heavy (non-hydrogen) atoms. The maximum Gasteiger partial charge on any atom is 0.0356 e. The van der Waals surface area contributed by atoms with E-state index < -0.39 is 0 Å². The van der Waals surface area contributed by atoms with Crippen LogP contribution in [-0.4, -0.2) is 0 Å². The van der Waals surface area contributed by atoms with E-state index in [1.165, 1.54) is 73.7 Å². The van der Waals surface area contributed by atoms with Gasteiger partial charge in [0.2, 0.25) is 0 Å². The monoisotopic (exact) mass is 813 g/mol. The molecule has 8 aromatic carbocycles. The summed E-state index contributed by atoms with van der Waals surface area (Å²) in [5.74, 6) is 0. The third-order valence-corrected chi connectivity index (χ3v) is 12.1. The summed E-state index contributed by atoms with van der Waals surface area (Å²) in [6, 6.07) is 68.2. The van der Waals surface area contributed by atoms with Crippen molar-refractivity contribution in [2.24, 2.45) is 0 Å². The molecular weight excluding hydrogens is 771 g/mol. The largest absolute Gasteiger partial charge is 0.399 e. The maximum absolute atomic E-state index is 5.60. The molecule has 0 unspecified atom stereocenters. The summed E-state index contributed by atoms with van der Waals surface area (Å²) >= 11 is 7.23. The Morgan fingerprint density at radius 3 is 1.31 bits per heavy atom. The van der Waals surface area contributed by atoms with Crippen molar-refractivity contribution in [3.63, 3.8) is 0 Å². The Morgan fingerprint density at radius 1 is 0.364 bits per heavy atom. The van der Waals surface area contributed by atoms with Gasteiger partial charge in [-0.25, -0.2) is 0 Å². The van der Waals surface area contributed by atoms with Crippen molar-refractivity contribution >= 4 is 84.6 Å². The van der Waals surface area contributed by atoms with E-state index in [1.54, 1.807) is 0 Å². The number of nitrogen functional groups attached to an aromatic ring is 1. The minimum absolute atomic E-state index is 0. The first-order chi connectivity index (χ1) is 26.1. The molecule has 0 aliphatic heterocycles. The van der Waals surface area contributed by atoms with Crippen LogP contribution in [-0.2, 0) is 6.42 Å². The number of benzene rings is 8. The number of nitrogens with two attached hydrogens (primary N) is 1. The van der Waals surface area contributed by atoms with E-state index in [-0.39, 0.29) is 14.9 Å². The van der Waals surface area contributed by atoms with Crippen LogP contribution < -0.4 is 5.73 Å². The van der Waals surface area contributed by atoms with Crippen molar-refractivity contribution in [3.8, 4) is 22.3 Å². The van der Waals surface area contributed by atoms with Crippen LogP contribution in [0.25, 0.3) is 62.6 Å². The molecule has 272 valence electrons. The highest BCUT2D eigenvalue weighted by atomic mass is 79.9. The summed E-state index contributed by atoms with van der Waals surface area (Å²) in [7, 11) is 0. The summed E-state index contributed by atoms with van der Waals surface area (Å²) in [5.41, 5.74) is 14.1. The molecule has 4 heteroatoms. The molecule has 10 rings (SSSR count). The minimum Gasteiger partial charge on any atom is -0.399 e. The van der Waals surface area contributed by atoms with Crippen LogP contribution in [0, 0.1) is 0 Å². The first-order valence-electron chi connectivity index (χ1n) is 17.6. The normalized spacial score (nSPS) is 10.5. The fourth-order valence-electron chi connectivity index (χ4n) is 6.57. The Hall–Kier alpha value is -5.52. The topological polar surface area (TPSA) is 26.0 Å². The molecule has 10 aromatic rings. The number of anilines is 1. The van der Waals surface area contributed by atoms with E-state index in [1.807, 2.05) is 65.1 Å². The Labute approximate surface area is 341 Å². The number of hydrogen-bond acceptors (Lipinski definition) is 3. The van der Waals surface area contributed by atoms with Crippen LogP contribution >= 0.6 is 38.6 Å². The summed E-state index contributed by atoms with van der Waals surface area (Å²) in [4.78, 5) is 0. The predicted molar refractivity (Wildman–Crippen MR) is 251 cm³/mol. The van der Waals surface area contributed by atoms with E-state index in [4.69, 9.17) is 5.73 Å². The standard InChI is InChI=1S/C25H18S.C12H7BrS.C12H11N.2CH4/c1-2-6-20(7-3-1)21-13-10-18(11-14-21)16-19-12-15-25-23(17-19)22-8-4-5-9-24(22)26-25;13-8-5-6-12-10(7-8)9-3-1-2-4-11(9)14-12;13-12-8-6-11(7-9-12)10-4-2-1-3-5-10;;/h1-15,17H,16H2;1-7H;1-9H,13H2;2*1H4. The van der Waals surface area contributed by atoms with Gasteiger partial charge in [-0.15, -0.1) is 22.7 Å².